The third-order valence-corrected chi connectivity index (χ3v) is 7.59. The van der Waals surface area contributed by atoms with E-state index in [9.17, 15) is 15.4 Å². The number of fused-ring (bicyclic) bond motifs is 1. The maximum atomic E-state index is 10.9. The van der Waals surface area contributed by atoms with Gasteiger partial charge in [0.25, 0.3) is 5.69 Å². The van der Waals surface area contributed by atoms with Crippen LogP contribution in [0.25, 0.3) is 10.2 Å². The first-order valence-corrected chi connectivity index (χ1v) is 13.5. The van der Waals surface area contributed by atoms with E-state index >= 15 is 0 Å². The number of rotatable bonds is 8. The Morgan fingerprint density at radius 1 is 1.21 bits per heavy atom. The van der Waals surface area contributed by atoms with Gasteiger partial charge in [-0.3, -0.25) is 15.0 Å². The molecular weight excluding hydrogens is 514 g/mol. The van der Waals surface area contributed by atoms with Crippen LogP contribution in [0.15, 0.2) is 52.9 Å². The molecule has 2 aromatic heterocycles. The van der Waals surface area contributed by atoms with E-state index < -0.39 is 0 Å². The third-order valence-electron chi connectivity index (χ3n) is 6.70. The molecule has 0 bridgehead atoms. The number of nitro benzene ring substituents is 1. The zero-order valence-electron chi connectivity index (χ0n) is 21.6. The SMILES string of the molecule is Cc1cc(C#N)cc(C)c1Oc1nc(N/N=C/C2CCN(Cc3ccc([N+](=O)[O-])cc3)CC2)nc2ccsc12. The molecule has 1 N–H and O–H groups in total. The van der Waals surface area contributed by atoms with Gasteiger partial charge in [0.05, 0.1) is 22.1 Å². The molecule has 0 aliphatic carbocycles. The lowest BCUT2D eigenvalue weighted by molar-refractivity contribution is -0.384. The summed E-state index contributed by atoms with van der Waals surface area (Å²) < 4.78 is 7.09. The fourth-order valence-corrected chi connectivity index (χ4v) is 5.43. The Labute approximate surface area is 229 Å². The van der Waals surface area contributed by atoms with E-state index in [-0.39, 0.29) is 10.6 Å². The van der Waals surface area contributed by atoms with Crippen molar-refractivity contribution in [2.24, 2.45) is 11.0 Å². The smallest absolute Gasteiger partial charge is 0.269 e. The minimum atomic E-state index is -0.378. The lowest BCUT2D eigenvalue weighted by Crippen LogP contribution is -2.33. The number of aryl methyl sites for hydroxylation is 2. The maximum Gasteiger partial charge on any atom is 0.269 e. The molecule has 10 nitrogen and oxygen atoms in total. The summed E-state index contributed by atoms with van der Waals surface area (Å²) >= 11 is 1.51. The van der Waals surface area contributed by atoms with Gasteiger partial charge in [0.15, 0.2) is 0 Å². The van der Waals surface area contributed by atoms with Crippen molar-refractivity contribution in [3.63, 3.8) is 0 Å². The molecule has 11 heteroatoms. The molecule has 0 unspecified atom stereocenters. The van der Waals surface area contributed by atoms with E-state index in [0.29, 0.717) is 29.1 Å². The molecule has 4 aromatic rings. The molecule has 198 valence electrons. The number of aromatic nitrogens is 2. The van der Waals surface area contributed by atoms with E-state index in [4.69, 9.17) is 4.74 Å². The number of hydrogen-bond acceptors (Lipinski definition) is 10. The first-order valence-electron chi connectivity index (χ1n) is 12.6. The number of anilines is 1. The van der Waals surface area contributed by atoms with Crippen molar-refractivity contribution in [1.29, 1.82) is 5.26 Å². The summed E-state index contributed by atoms with van der Waals surface area (Å²) in [6.45, 7) is 6.45. The van der Waals surface area contributed by atoms with Crippen LogP contribution in [-0.4, -0.2) is 39.1 Å². The third kappa shape index (κ3) is 6.19. The Hall–Kier alpha value is -4.40. The summed E-state index contributed by atoms with van der Waals surface area (Å²) in [7, 11) is 0. The number of non-ortho nitro benzene ring substituents is 1. The fraction of sp³-hybridized carbons (Fsp3) is 0.286. The van der Waals surface area contributed by atoms with E-state index in [2.05, 4.69) is 31.5 Å². The van der Waals surface area contributed by atoms with Gasteiger partial charge in [-0.2, -0.15) is 15.3 Å². The molecule has 2 aromatic carbocycles. The number of thiophene rings is 1. The molecule has 1 fully saturated rings. The van der Waals surface area contributed by atoms with Gasteiger partial charge in [-0.15, -0.1) is 11.3 Å². The second-order valence-corrected chi connectivity index (χ2v) is 10.5. The fourth-order valence-electron chi connectivity index (χ4n) is 4.67. The Kier molecular flexibility index (Phi) is 7.76. The average molecular weight is 542 g/mol. The standard InChI is InChI=1S/C28H27N7O3S/c1-18-13-22(15-29)14-19(2)25(18)38-27-26-24(9-12-39-26)31-28(32-27)33-30-16-20-7-10-34(11-8-20)17-21-3-5-23(6-4-21)35(36)37/h3-6,9,12-14,16,20H,7-8,10-11,17H2,1-2H3,(H,31,32,33)/b30-16+. The van der Waals surface area contributed by atoms with Gasteiger partial charge in [0.1, 0.15) is 10.4 Å². The maximum absolute atomic E-state index is 10.9. The topological polar surface area (TPSA) is 130 Å². The largest absolute Gasteiger partial charge is 0.437 e. The van der Waals surface area contributed by atoms with E-state index in [1.165, 1.54) is 11.3 Å². The van der Waals surface area contributed by atoms with Crippen molar-refractivity contribution < 1.29 is 9.66 Å². The summed E-state index contributed by atoms with van der Waals surface area (Å²) in [5.41, 5.74) is 7.24. The number of nitriles is 1. The molecule has 0 saturated carbocycles. The van der Waals surface area contributed by atoms with Crippen LogP contribution in [0.5, 0.6) is 11.6 Å². The van der Waals surface area contributed by atoms with Crippen LogP contribution in [0.2, 0.25) is 0 Å². The molecule has 1 saturated heterocycles. The van der Waals surface area contributed by atoms with E-state index in [1.807, 2.05) is 43.6 Å². The number of nitro groups is 1. The Morgan fingerprint density at radius 3 is 2.59 bits per heavy atom. The van der Waals surface area contributed by atoms with Gasteiger partial charge in [-0.1, -0.05) is 12.1 Å². The van der Waals surface area contributed by atoms with Crippen LogP contribution >= 0.6 is 11.3 Å². The van der Waals surface area contributed by atoms with Crippen molar-refractivity contribution in [2.45, 2.75) is 33.2 Å². The summed E-state index contributed by atoms with van der Waals surface area (Å²) in [5.74, 6) is 1.81. The van der Waals surface area contributed by atoms with Gasteiger partial charge >= 0.3 is 0 Å². The van der Waals surface area contributed by atoms with Crippen LogP contribution < -0.4 is 10.2 Å². The molecule has 5 rings (SSSR count). The molecule has 0 amide bonds. The molecule has 0 spiro atoms. The normalized spacial score (nSPS) is 14.5. The number of hydrazone groups is 1. The Morgan fingerprint density at radius 2 is 1.92 bits per heavy atom. The van der Waals surface area contributed by atoms with Crippen LogP contribution in [0, 0.1) is 41.2 Å². The van der Waals surface area contributed by atoms with Crippen molar-refractivity contribution in [3.8, 4) is 17.7 Å². The molecule has 0 atom stereocenters. The summed E-state index contributed by atoms with van der Waals surface area (Å²) in [6.07, 6.45) is 3.85. The van der Waals surface area contributed by atoms with Gasteiger partial charge < -0.3 is 4.74 Å². The highest BCUT2D eigenvalue weighted by Crippen LogP contribution is 2.35. The predicted octanol–water partition coefficient (Wildman–Crippen LogP) is 6.19. The highest BCUT2D eigenvalue weighted by molar-refractivity contribution is 7.17. The van der Waals surface area contributed by atoms with Crippen LogP contribution in [0.1, 0.15) is 35.1 Å². The summed E-state index contributed by atoms with van der Waals surface area (Å²) in [5, 5.41) is 26.5. The van der Waals surface area contributed by atoms with Crippen molar-refractivity contribution in [3.05, 3.63) is 80.2 Å². The van der Waals surface area contributed by atoms with Gasteiger partial charge in [-0.25, -0.2) is 10.4 Å². The Balaban J connectivity index is 1.20. The predicted molar refractivity (Wildman–Crippen MR) is 151 cm³/mol. The minimum Gasteiger partial charge on any atom is -0.437 e. The zero-order valence-corrected chi connectivity index (χ0v) is 22.4. The molecule has 1 aliphatic heterocycles. The van der Waals surface area contributed by atoms with E-state index in [1.54, 1.807) is 24.3 Å². The van der Waals surface area contributed by atoms with Gasteiger partial charge in [-0.05, 0) is 86.0 Å². The van der Waals surface area contributed by atoms with Crippen LogP contribution in [0.3, 0.4) is 0 Å². The number of ether oxygens (including phenoxy) is 1. The molecule has 3 heterocycles. The number of piperidine rings is 1. The molecular formula is C28H27N7O3S. The van der Waals surface area contributed by atoms with Crippen LogP contribution in [0.4, 0.5) is 11.6 Å². The van der Waals surface area contributed by atoms with Crippen molar-refractivity contribution in [2.75, 3.05) is 18.5 Å². The monoisotopic (exact) mass is 541 g/mol. The highest BCUT2D eigenvalue weighted by atomic mass is 32.1. The average Bonchev–Trinajstić information content (AvgIpc) is 3.41. The molecule has 39 heavy (non-hydrogen) atoms. The second-order valence-electron chi connectivity index (χ2n) is 9.57. The minimum absolute atomic E-state index is 0.112. The number of likely N-dealkylation sites (tertiary alicyclic amines) is 1. The van der Waals surface area contributed by atoms with Crippen LogP contribution in [-0.2, 0) is 6.54 Å². The van der Waals surface area contributed by atoms with Gasteiger partial charge in [0.2, 0.25) is 11.8 Å². The first-order chi connectivity index (χ1) is 18.9. The lowest BCUT2D eigenvalue weighted by atomic mass is 9.98. The number of benzene rings is 2. The number of nitrogens with one attached hydrogen (secondary N) is 1. The zero-order chi connectivity index (χ0) is 27.4. The quantitative estimate of drug-likeness (QED) is 0.159. The lowest BCUT2D eigenvalue weighted by Gasteiger charge is -2.30. The number of nitrogens with zero attached hydrogens (tertiary/aromatic N) is 6. The highest BCUT2D eigenvalue weighted by Gasteiger charge is 2.19. The summed E-state index contributed by atoms with van der Waals surface area (Å²) in [6, 6.07) is 14.4. The van der Waals surface area contributed by atoms with E-state index in [0.717, 1.165) is 59.4 Å². The van der Waals surface area contributed by atoms with Crippen molar-refractivity contribution in [1.82, 2.24) is 14.9 Å². The Bertz CT molecular complexity index is 1550. The summed E-state index contributed by atoms with van der Waals surface area (Å²) in [4.78, 5) is 22.0. The molecule has 1 aliphatic rings. The second kappa shape index (κ2) is 11.6. The number of hydrogen-bond donors (Lipinski definition) is 1. The van der Waals surface area contributed by atoms with Crippen molar-refractivity contribution >= 4 is 39.4 Å². The van der Waals surface area contributed by atoms with Gasteiger partial charge in [0, 0.05) is 24.9 Å². The first kappa shape index (κ1) is 26.2. The molecule has 0 radical (unpaired) electrons.